The molecule has 0 N–H and O–H groups in total. The van der Waals surface area contributed by atoms with Gasteiger partial charge in [-0.05, 0) is 49.8 Å². The van der Waals surface area contributed by atoms with Crippen molar-refractivity contribution in [3.05, 3.63) is 57.3 Å². The standard InChI is InChI=1S/C17H19NOS/c1-12-7-8-14(13(2)11-12)17(19)18-9-3-5-15(18)16-6-4-10-20-16/h4,6-8,10-11,15H,3,5,9H2,1-2H3. The molecule has 104 valence electrons. The van der Waals surface area contributed by atoms with Crippen molar-refractivity contribution in [2.75, 3.05) is 6.54 Å². The molecule has 1 saturated heterocycles. The number of nitrogens with zero attached hydrogens (tertiary/aromatic N) is 1. The fourth-order valence-corrected chi connectivity index (χ4v) is 3.87. The molecule has 1 aliphatic heterocycles. The van der Waals surface area contributed by atoms with Crippen molar-refractivity contribution in [2.24, 2.45) is 0 Å². The first kappa shape index (κ1) is 13.4. The van der Waals surface area contributed by atoms with Gasteiger partial charge in [0, 0.05) is 17.0 Å². The average molecular weight is 285 g/mol. The Labute approximate surface area is 124 Å². The second-order valence-corrected chi connectivity index (χ2v) is 6.47. The third-order valence-corrected chi connectivity index (χ3v) is 4.97. The van der Waals surface area contributed by atoms with E-state index in [9.17, 15) is 4.79 Å². The Hall–Kier alpha value is -1.61. The molecular formula is C17H19NOS. The molecule has 0 radical (unpaired) electrons. The first-order valence-corrected chi connectivity index (χ1v) is 7.96. The fraction of sp³-hybridized carbons (Fsp3) is 0.353. The van der Waals surface area contributed by atoms with Gasteiger partial charge in [-0.1, -0.05) is 23.8 Å². The topological polar surface area (TPSA) is 20.3 Å². The van der Waals surface area contributed by atoms with E-state index in [1.807, 2.05) is 24.0 Å². The normalized spacial score (nSPS) is 18.5. The van der Waals surface area contributed by atoms with Crippen molar-refractivity contribution >= 4 is 17.2 Å². The summed E-state index contributed by atoms with van der Waals surface area (Å²) in [6.45, 7) is 4.96. The Morgan fingerprint density at radius 1 is 1.30 bits per heavy atom. The second-order valence-electron chi connectivity index (χ2n) is 5.49. The van der Waals surface area contributed by atoms with E-state index in [4.69, 9.17) is 0 Å². The molecule has 2 aromatic rings. The number of thiophene rings is 1. The van der Waals surface area contributed by atoms with Crippen molar-refractivity contribution in [3.63, 3.8) is 0 Å². The van der Waals surface area contributed by atoms with Gasteiger partial charge in [0.1, 0.15) is 0 Å². The molecule has 1 aromatic carbocycles. The summed E-state index contributed by atoms with van der Waals surface area (Å²) in [7, 11) is 0. The molecule has 1 fully saturated rings. The van der Waals surface area contributed by atoms with Crippen LogP contribution in [0.15, 0.2) is 35.7 Å². The van der Waals surface area contributed by atoms with E-state index in [1.54, 1.807) is 11.3 Å². The molecule has 2 heterocycles. The van der Waals surface area contributed by atoms with Crippen LogP contribution in [0.3, 0.4) is 0 Å². The van der Waals surface area contributed by atoms with Gasteiger partial charge in [0.25, 0.3) is 5.91 Å². The molecule has 3 heteroatoms. The minimum absolute atomic E-state index is 0.179. The van der Waals surface area contributed by atoms with Crippen LogP contribution in [0.25, 0.3) is 0 Å². The molecule has 1 unspecified atom stereocenters. The predicted octanol–water partition coefficient (Wildman–Crippen LogP) is 4.34. The van der Waals surface area contributed by atoms with Gasteiger partial charge in [-0.2, -0.15) is 0 Å². The predicted molar refractivity (Wildman–Crippen MR) is 83.2 cm³/mol. The molecule has 0 aliphatic carbocycles. The highest BCUT2D eigenvalue weighted by Crippen LogP contribution is 2.35. The Morgan fingerprint density at radius 3 is 2.85 bits per heavy atom. The zero-order valence-electron chi connectivity index (χ0n) is 11.9. The lowest BCUT2D eigenvalue weighted by Crippen LogP contribution is -2.30. The molecule has 0 spiro atoms. The highest BCUT2D eigenvalue weighted by Gasteiger charge is 2.31. The third-order valence-electron chi connectivity index (χ3n) is 4.00. The van der Waals surface area contributed by atoms with Gasteiger partial charge in [0.15, 0.2) is 0 Å². The molecule has 3 rings (SSSR count). The average Bonchev–Trinajstić information content (AvgIpc) is 3.09. The van der Waals surface area contributed by atoms with Crippen LogP contribution in [0, 0.1) is 13.8 Å². The maximum absolute atomic E-state index is 12.8. The van der Waals surface area contributed by atoms with Gasteiger partial charge < -0.3 is 4.90 Å². The number of carbonyl (C=O) groups is 1. The number of carbonyl (C=O) groups excluding carboxylic acids is 1. The maximum atomic E-state index is 12.8. The Morgan fingerprint density at radius 2 is 2.15 bits per heavy atom. The molecule has 0 saturated carbocycles. The number of benzene rings is 1. The smallest absolute Gasteiger partial charge is 0.254 e. The van der Waals surface area contributed by atoms with Gasteiger partial charge in [-0.3, -0.25) is 4.79 Å². The Kier molecular flexibility index (Phi) is 3.62. The van der Waals surface area contributed by atoms with E-state index in [2.05, 4.69) is 30.5 Å². The number of hydrogen-bond donors (Lipinski definition) is 0. The quantitative estimate of drug-likeness (QED) is 0.803. The minimum atomic E-state index is 0.179. The number of aryl methyl sites for hydroxylation is 2. The number of rotatable bonds is 2. The molecular weight excluding hydrogens is 266 g/mol. The van der Waals surface area contributed by atoms with Gasteiger partial charge in [-0.15, -0.1) is 11.3 Å². The molecule has 1 amide bonds. The first-order chi connectivity index (χ1) is 9.66. The summed E-state index contributed by atoms with van der Waals surface area (Å²) in [5.74, 6) is 0.179. The molecule has 1 aromatic heterocycles. The number of hydrogen-bond acceptors (Lipinski definition) is 2. The van der Waals surface area contributed by atoms with Crippen LogP contribution in [0.4, 0.5) is 0 Å². The van der Waals surface area contributed by atoms with Crippen LogP contribution >= 0.6 is 11.3 Å². The summed E-state index contributed by atoms with van der Waals surface area (Å²) in [6, 6.07) is 10.6. The monoisotopic (exact) mass is 285 g/mol. The highest BCUT2D eigenvalue weighted by molar-refractivity contribution is 7.10. The summed E-state index contributed by atoms with van der Waals surface area (Å²) in [6.07, 6.45) is 2.18. The van der Waals surface area contributed by atoms with Crippen LogP contribution in [-0.4, -0.2) is 17.4 Å². The van der Waals surface area contributed by atoms with Crippen LogP contribution < -0.4 is 0 Å². The fourth-order valence-electron chi connectivity index (χ4n) is 2.99. The minimum Gasteiger partial charge on any atom is -0.331 e. The molecule has 1 aliphatic rings. The van der Waals surface area contributed by atoms with E-state index >= 15 is 0 Å². The van der Waals surface area contributed by atoms with Crippen LogP contribution in [0.5, 0.6) is 0 Å². The summed E-state index contributed by atoms with van der Waals surface area (Å²) in [5, 5.41) is 2.09. The van der Waals surface area contributed by atoms with E-state index in [0.29, 0.717) is 0 Å². The van der Waals surface area contributed by atoms with Gasteiger partial charge in [0.2, 0.25) is 0 Å². The van der Waals surface area contributed by atoms with Gasteiger partial charge >= 0.3 is 0 Å². The molecule has 1 atom stereocenters. The highest BCUT2D eigenvalue weighted by atomic mass is 32.1. The Bertz CT molecular complexity index is 618. The van der Waals surface area contributed by atoms with E-state index in [-0.39, 0.29) is 11.9 Å². The number of likely N-dealkylation sites (tertiary alicyclic amines) is 1. The van der Waals surface area contributed by atoms with Crippen molar-refractivity contribution in [1.29, 1.82) is 0 Å². The third kappa shape index (κ3) is 2.38. The summed E-state index contributed by atoms with van der Waals surface area (Å²) in [5.41, 5.74) is 3.13. The van der Waals surface area contributed by atoms with Crippen molar-refractivity contribution in [2.45, 2.75) is 32.7 Å². The maximum Gasteiger partial charge on any atom is 0.254 e. The van der Waals surface area contributed by atoms with E-state index in [0.717, 1.165) is 30.5 Å². The summed E-state index contributed by atoms with van der Waals surface area (Å²) < 4.78 is 0. The summed E-state index contributed by atoms with van der Waals surface area (Å²) in [4.78, 5) is 16.2. The van der Waals surface area contributed by atoms with E-state index in [1.165, 1.54) is 10.4 Å². The van der Waals surface area contributed by atoms with Gasteiger partial charge in [0.05, 0.1) is 6.04 Å². The molecule has 0 bridgehead atoms. The van der Waals surface area contributed by atoms with Gasteiger partial charge in [-0.25, -0.2) is 0 Å². The second kappa shape index (κ2) is 5.41. The lowest BCUT2D eigenvalue weighted by atomic mass is 10.0. The van der Waals surface area contributed by atoms with E-state index < -0.39 is 0 Å². The molecule has 20 heavy (non-hydrogen) atoms. The largest absolute Gasteiger partial charge is 0.331 e. The lowest BCUT2D eigenvalue weighted by molar-refractivity contribution is 0.0737. The first-order valence-electron chi connectivity index (χ1n) is 7.08. The summed E-state index contributed by atoms with van der Waals surface area (Å²) >= 11 is 1.75. The van der Waals surface area contributed by atoms with Crippen LogP contribution in [-0.2, 0) is 0 Å². The molecule has 2 nitrogen and oxygen atoms in total. The van der Waals surface area contributed by atoms with Crippen molar-refractivity contribution in [3.8, 4) is 0 Å². The van der Waals surface area contributed by atoms with Crippen molar-refractivity contribution < 1.29 is 4.79 Å². The number of amides is 1. The van der Waals surface area contributed by atoms with Crippen LogP contribution in [0.2, 0.25) is 0 Å². The van der Waals surface area contributed by atoms with Crippen LogP contribution in [0.1, 0.15) is 45.2 Å². The Balaban J connectivity index is 1.89. The lowest BCUT2D eigenvalue weighted by Gasteiger charge is -2.24. The SMILES string of the molecule is Cc1ccc(C(=O)N2CCCC2c2cccs2)c(C)c1. The zero-order chi connectivity index (χ0) is 14.1. The zero-order valence-corrected chi connectivity index (χ0v) is 12.7. The van der Waals surface area contributed by atoms with Crippen molar-refractivity contribution in [1.82, 2.24) is 4.90 Å².